The molecule has 0 spiro atoms. The third-order valence-corrected chi connectivity index (χ3v) is 3.99. The number of allylic oxidation sites excluding steroid dienone is 1. The maximum absolute atomic E-state index is 12.1. The van der Waals surface area contributed by atoms with Gasteiger partial charge in [-0.05, 0) is 18.9 Å². The van der Waals surface area contributed by atoms with E-state index < -0.39 is 7.82 Å². The molecule has 0 N–H and O–H groups in total. The van der Waals surface area contributed by atoms with Crippen LogP contribution in [0.2, 0.25) is 0 Å². The highest BCUT2D eigenvalue weighted by Crippen LogP contribution is 2.52. The molecule has 0 bridgehead atoms. The zero-order chi connectivity index (χ0) is 15.0. The van der Waals surface area contributed by atoms with Gasteiger partial charge in [-0.15, -0.1) is 0 Å². The molecule has 5 nitrogen and oxygen atoms in total. The normalized spacial score (nSPS) is 12.5. The first-order valence-electron chi connectivity index (χ1n) is 6.09. The Morgan fingerprint density at radius 3 is 2.35 bits per heavy atom. The minimum Gasteiger partial charge on any atom is -0.403 e. The summed E-state index contributed by atoms with van der Waals surface area (Å²) >= 11 is 0. The highest BCUT2D eigenvalue weighted by molar-refractivity contribution is 7.48. The van der Waals surface area contributed by atoms with Crippen molar-refractivity contribution in [1.82, 2.24) is 0 Å². The van der Waals surface area contributed by atoms with Crippen LogP contribution in [0.5, 0.6) is 0 Å². The van der Waals surface area contributed by atoms with Crippen molar-refractivity contribution < 1.29 is 18.1 Å². The number of benzene rings is 1. The van der Waals surface area contributed by atoms with Crippen LogP contribution >= 0.6 is 7.82 Å². The molecule has 1 aromatic rings. The largest absolute Gasteiger partial charge is 0.529 e. The van der Waals surface area contributed by atoms with Crippen LogP contribution in [0.4, 0.5) is 0 Å². The minimum absolute atomic E-state index is 0.357. The Hall–Kier alpha value is -1.60. The van der Waals surface area contributed by atoms with Gasteiger partial charge in [-0.3, -0.25) is 9.05 Å². The van der Waals surface area contributed by atoms with Gasteiger partial charge in [0.2, 0.25) is 0 Å². The van der Waals surface area contributed by atoms with E-state index >= 15 is 0 Å². The number of phosphoric ester groups is 1. The van der Waals surface area contributed by atoms with Gasteiger partial charge >= 0.3 is 7.82 Å². The standard InChI is InChI=1S/C14H18NO4P/c1-12(8-7-11-15)14(13-9-5-4-6-10-13)19-20(16,17-2)18-3/h4-6,9-10H,7-8H2,1-3H3/b14-12+. The Labute approximate surface area is 119 Å². The summed E-state index contributed by atoms with van der Waals surface area (Å²) in [6.45, 7) is 1.83. The molecule has 1 rings (SSSR count). The van der Waals surface area contributed by atoms with Gasteiger partial charge in [0.25, 0.3) is 0 Å². The van der Waals surface area contributed by atoms with Crippen molar-refractivity contribution in [3.05, 3.63) is 41.5 Å². The van der Waals surface area contributed by atoms with E-state index in [1.807, 2.05) is 37.3 Å². The number of phosphoric acid groups is 1. The molecule has 0 aliphatic rings. The van der Waals surface area contributed by atoms with E-state index in [1.54, 1.807) is 0 Å². The van der Waals surface area contributed by atoms with Gasteiger partial charge in [0.05, 0.1) is 6.07 Å². The lowest BCUT2D eigenvalue weighted by Gasteiger charge is -2.19. The minimum atomic E-state index is -3.63. The third kappa shape index (κ3) is 4.50. The van der Waals surface area contributed by atoms with Gasteiger partial charge in [-0.25, -0.2) is 4.57 Å². The smallest absolute Gasteiger partial charge is 0.403 e. The van der Waals surface area contributed by atoms with Gasteiger partial charge in [-0.1, -0.05) is 30.3 Å². The van der Waals surface area contributed by atoms with Crippen molar-refractivity contribution >= 4 is 13.6 Å². The van der Waals surface area contributed by atoms with Crippen molar-refractivity contribution in [2.75, 3.05) is 14.2 Å². The van der Waals surface area contributed by atoms with E-state index in [2.05, 4.69) is 6.07 Å². The Morgan fingerprint density at radius 2 is 1.85 bits per heavy atom. The average Bonchev–Trinajstić information content (AvgIpc) is 2.51. The van der Waals surface area contributed by atoms with Crippen LogP contribution in [0.1, 0.15) is 25.3 Å². The second kappa shape index (κ2) is 7.86. The van der Waals surface area contributed by atoms with Crippen molar-refractivity contribution in [3.63, 3.8) is 0 Å². The summed E-state index contributed by atoms with van der Waals surface area (Å²) in [5.41, 5.74) is 1.57. The van der Waals surface area contributed by atoms with Crippen LogP contribution in [0.25, 0.3) is 5.76 Å². The molecule has 0 saturated carbocycles. The van der Waals surface area contributed by atoms with E-state index in [0.717, 1.165) is 11.1 Å². The first-order valence-corrected chi connectivity index (χ1v) is 7.55. The zero-order valence-electron chi connectivity index (χ0n) is 11.8. The van der Waals surface area contributed by atoms with Crippen molar-refractivity contribution in [2.24, 2.45) is 0 Å². The molecule has 0 fully saturated rings. The second-order valence-corrected chi connectivity index (χ2v) is 5.84. The van der Waals surface area contributed by atoms with E-state index in [0.29, 0.717) is 18.6 Å². The van der Waals surface area contributed by atoms with E-state index in [9.17, 15) is 4.57 Å². The molecule has 0 amide bonds. The number of nitriles is 1. The van der Waals surface area contributed by atoms with Crippen LogP contribution in [0, 0.1) is 11.3 Å². The van der Waals surface area contributed by atoms with Gasteiger partial charge < -0.3 is 4.52 Å². The number of hydrogen-bond donors (Lipinski definition) is 0. The van der Waals surface area contributed by atoms with Crippen molar-refractivity contribution in [3.8, 4) is 6.07 Å². The fourth-order valence-electron chi connectivity index (χ4n) is 1.58. The highest BCUT2D eigenvalue weighted by atomic mass is 31.2. The molecule has 0 saturated heterocycles. The molecule has 1 aromatic carbocycles. The molecule has 0 aromatic heterocycles. The van der Waals surface area contributed by atoms with Crippen molar-refractivity contribution in [1.29, 1.82) is 5.26 Å². The Morgan fingerprint density at radius 1 is 1.25 bits per heavy atom. The average molecular weight is 295 g/mol. The van der Waals surface area contributed by atoms with Crippen molar-refractivity contribution in [2.45, 2.75) is 19.8 Å². The second-order valence-electron chi connectivity index (χ2n) is 4.04. The molecular weight excluding hydrogens is 277 g/mol. The first-order chi connectivity index (χ1) is 9.56. The lowest BCUT2D eigenvalue weighted by Crippen LogP contribution is -1.98. The molecule has 0 unspecified atom stereocenters. The fourth-order valence-corrected chi connectivity index (χ4v) is 2.37. The fraction of sp³-hybridized carbons (Fsp3) is 0.357. The molecule has 20 heavy (non-hydrogen) atoms. The lowest BCUT2D eigenvalue weighted by molar-refractivity contribution is 0.200. The molecule has 0 heterocycles. The summed E-state index contributed by atoms with van der Waals surface area (Å²) < 4.78 is 27.2. The molecule has 6 heteroatoms. The summed E-state index contributed by atoms with van der Waals surface area (Å²) in [5, 5.41) is 8.67. The Kier molecular flexibility index (Phi) is 6.47. The molecular formula is C14H18NO4P. The quantitative estimate of drug-likeness (QED) is 0.558. The van der Waals surface area contributed by atoms with Gasteiger partial charge in [0.1, 0.15) is 5.76 Å². The summed E-state index contributed by atoms with van der Waals surface area (Å²) in [7, 11) is -1.11. The third-order valence-electron chi connectivity index (χ3n) is 2.69. The van der Waals surface area contributed by atoms with E-state index in [4.69, 9.17) is 18.8 Å². The van der Waals surface area contributed by atoms with Crippen LogP contribution < -0.4 is 0 Å². The van der Waals surface area contributed by atoms with Crippen LogP contribution in [0.15, 0.2) is 35.9 Å². The predicted molar refractivity (Wildman–Crippen MR) is 76.6 cm³/mol. The molecule has 0 atom stereocenters. The molecule has 0 radical (unpaired) electrons. The topological polar surface area (TPSA) is 68.6 Å². The molecule has 108 valence electrons. The number of nitrogens with zero attached hydrogens (tertiary/aromatic N) is 1. The van der Waals surface area contributed by atoms with Crippen LogP contribution in [-0.2, 0) is 18.1 Å². The number of hydrogen-bond acceptors (Lipinski definition) is 5. The van der Waals surface area contributed by atoms with E-state index in [1.165, 1.54) is 14.2 Å². The Balaban J connectivity index is 3.16. The number of rotatable bonds is 7. The highest BCUT2D eigenvalue weighted by Gasteiger charge is 2.27. The van der Waals surface area contributed by atoms with Gasteiger partial charge in [0.15, 0.2) is 0 Å². The summed E-state index contributed by atoms with van der Waals surface area (Å²) in [6, 6.07) is 11.3. The summed E-state index contributed by atoms with van der Waals surface area (Å²) in [6.07, 6.45) is 0.879. The van der Waals surface area contributed by atoms with Crippen LogP contribution in [-0.4, -0.2) is 14.2 Å². The van der Waals surface area contributed by atoms with E-state index in [-0.39, 0.29) is 0 Å². The summed E-state index contributed by atoms with van der Waals surface area (Å²) in [4.78, 5) is 0. The Bertz CT molecular complexity index is 540. The maximum Gasteiger partial charge on any atom is 0.529 e. The summed E-state index contributed by atoms with van der Waals surface area (Å²) in [5.74, 6) is 0.424. The monoisotopic (exact) mass is 295 g/mol. The zero-order valence-corrected chi connectivity index (χ0v) is 12.7. The first kappa shape index (κ1) is 16.5. The molecule has 0 aliphatic heterocycles. The van der Waals surface area contributed by atoms with Gasteiger partial charge in [-0.2, -0.15) is 5.26 Å². The molecule has 0 aliphatic carbocycles. The lowest BCUT2D eigenvalue weighted by atomic mass is 10.1. The maximum atomic E-state index is 12.1. The van der Waals surface area contributed by atoms with Gasteiger partial charge in [0, 0.05) is 26.2 Å². The van der Waals surface area contributed by atoms with Crippen LogP contribution in [0.3, 0.4) is 0 Å². The SMILES string of the molecule is COP(=O)(OC)O/C(=C(\C)CCC#N)c1ccccc1. The predicted octanol–water partition coefficient (Wildman–Crippen LogP) is 4.14.